The number of benzene rings is 2. The van der Waals surface area contributed by atoms with E-state index in [4.69, 9.17) is 28.4 Å². The molecule has 0 radical (unpaired) electrons. The first-order valence-electron chi connectivity index (χ1n) is 29.0. The molecule has 0 aliphatic carbocycles. The zero-order chi connectivity index (χ0) is 60.6. The van der Waals surface area contributed by atoms with Gasteiger partial charge in [-0.2, -0.15) is 0 Å². The number of nitrogens with one attached hydrogen (secondary N) is 1. The number of aliphatic hydroxyl groups is 1. The van der Waals surface area contributed by atoms with Crippen molar-refractivity contribution in [2.75, 3.05) is 72.5 Å². The van der Waals surface area contributed by atoms with Gasteiger partial charge in [-0.05, 0) is 112 Å². The van der Waals surface area contributed by atoms with E-state index >= 15 is 0 Å². The predicted molar refractivity (Wildman–Crippen MR) is 308 cm³/mol. The van der Waals surface area contributed by atoms with Crippen LogP contribution in [-0.4, -0.2) is 186 Å². The summed E-state index contributed by atoms with van der Waals surface area (Å²) in [5.41, 5.74) is 2.34. The number of ether oxygens (including phenoxy) is 6. The van der Waals surface area contributed by atoms with E-state index in [0.29, 0.717) is 55.9 Å². The van der Waals surface area contributed by atoms with Crippen LogP contribution in [0.25, 0.3) is 21.8 Å². The van der Waals surface area contributed by atoms with Crippen molar-refractivity contribution in [3.8, 4) is 5.75 Å². The SMILES string of the molecule is CC[C@@H]1OC(=O)[C@H](C)C(=O)[C@H](C)[C@@H](O[C@@H]2O[C@H](C)C[C@H](N(C)C)[C@H]2O)[C@](C)(OC)C[C@@H](C)C(=O)[C@@H](C)[C@H]2N(NCCCc3ccnc4ccccc34)C(=O)O[C@]12C.C[C@H]1COc2c(N3CCN(C)CC3)c(F)cc3c(=O)c(C(=O)O)cn1c23. The number of para-hydroxylation sites is 1. The Labute approximate surface area is 484 Å². The molecule has 5 aliphatic heterocycles. The number of anilines is 1. The van der Waals surface area contributed by atoms with Crippen molar-refractivity contribution in [3.63, 3.8) is 0 Å². The Morgan fingerprint density at radius 3 is 2.33 bits per heavy atom. The predicted octanol–water partition coefficient (Wildman–Crippen LogP) is 6.42. The molecular formula is C61H84FN7O14. The van der Waals surface area contributed by atoms with Crippen LogP contribution in [-0.2, 0) is 44.5 Å². The van der Waals surface area contributed by atoms with E-state index in [-0.39, 0.29) is 54.4 Å². The van der Waals surface area contributed by atoms with Crippen LogP contribution in [0.2, 0.25) is 0 Å². The van der Waals surface area contributed by atoms with Gasteiger partial charge in [-0.3, -0.25) is 24.2 Å². The quantitative estimate of drug-likeness (QED) is 0.0788. The zero-order valence-electron chi connectivity index (χ0n) is 50.2. The van der Waals surface area contributed by atoms with Gasteiger partial charge in [0.1, 0.15) is 47.8 Å². The number of aromatic nitrogens is 2. The van der Waals surface area contributed by atoms with Crippen molar-refractivity contribution in [1.29, 1.82) is 0 Å². The molecule has 4 saturated heterocycles. The number of fused-ring (bicyclic) bond motifs is 2. The number of likely N-dealkylation sites (N-methyl/N-ethyl adjacent to an activating group) is 2. The second-order valence-electron chi connectivity index (χ2n) is 24.0. The molecule has 3 N–H and O–H groups in total. The van der Waals surface area contributed by atoms with E-state index in [2.05, 4.69) is 15.3 Å². The number of ketones is 2. The first-order valence-corrected chi connectivity index (χ1v) is 29.0. The molecule has 14 atom stereocenters. The van der Waals surface area contributed by atoms with E-state index in [1.54, 1.807) is 45.4 Å². The van der Waals surface area contributed by atoms with Gasteiger partial charge in [-0.1, -0.05) is 45.9 Å². The zero-order valence-corrected chi connectivity index (χ0v) is 50.2. The number of halogens is 1. The Kier molecular flexibility index (Phi) is 19.4. The fourth-order valence-electron chi connectivity index (χ4n) is 13.1. The van der Waals surface area contributed by atoms with Crippen molar-refractivity contribution < 1.29 is 67.0 Å². The summed E-state index contributed by atoms with van der Waals surface area (Å²) in [5.74, 6) is -6.62. The summed E-state index contributed by atoms with van der Waals surface area (Å²) in [5, 5.41) is 23.2. The number of nitrogens with zero attached hydrogens (tertiary/aromatic N) is 6. The number of carboxylic acids is 1. The molecule has 0 saturated carbocycles. The second-order valence-corrected chi connectivity index (χ2v) is 24.0. The van der Waals surface area contributed by atoms with Gasteiger partial charge < -0.3 is 57.9 Å². The van der Waals surface area contributed by atoms with E-state index in [1.807, 2.05) is 82.0 Å². The monoisotopic (exact) mass is 1160 g/mol. The number of aryl methyl sites for hydroxylation is 1. The third-order valence-electron chi connectivity index (χ3n) is 17.9. The molecule has 4 fully saturated rings. The van der Waals surface area contributed by atoms with Crippen LogP contribution in [0.4, 0.5) is 14.9 Å². The van der Waals surface area contributed by atoms with Crippen LogP contribution in [0.5, 0.6) is 5.75 Å². The Morgan fingerprint density at radius 2 is 1.66 bits per heavy atom. The van der Waals surface area contributed by atoms with Crippen LogP contribution in [0, 0.1) is 29.5 Å². The number of aliphatic hydroxyl groups excluding tert-OH is 1. The summed E-state index contributed by atoms with van der Waals surface area (Å²) in [6, 6.07) is 9.76. The fraction of sp³-hybridized carbons (Fsp3) is 0.623. The highest BCUT2D eigenvalue weighted by atomic mass is 19.1. The number of esters is 1. The van der Waals surface area contributed by atoms with Gasteiger partial charge in [-0.15, -0.1) is 0 Å². The van der Waals surface area contributed by atoms with Gasteiger partial charge in [-0.25, -0.2) is 24.4 Å². The number of piperazine rings is 1. The maximum atomic E-state index is 15.0. The number of carbonyl (C=O) groups is 5. The first-order chi connectivity index (χ1) is 39.3. The lowest BCUT2D eigenvalue weighted by molar-refractivity contribution is -0.295. The number of rotatable bonds is 12. The molecule has 2 aromatic carbocycles. The number of aromatic carboxylic acids is 1. The number of cyclic esters (lactones) is 1. The molecular weight excluding hydrogens is 1070 g/mol. The van der Waals surface area contributed by atoms with Gasteiger partial charge in [0.25, 0.3) is 0 Å². The molecule has 7 heterocycles. The van der Waals surface area contributed by atoms with Gasteiger partial charge in [0.2, 0.25) is 5.43 Å². The number of pyridine rings is 2. The lowest BCUT2D eigenvalue weighted by atomic mass is 9.73. The minimum Gasteiger partial charge on any atom is -0.487 e. The Bertz CT molecular complexity index is 3110. The van der Waals surface area contributed by atoms with Crippen LogP contribution in [0.15, 0.2) is 53.6 Å². The number of methoxy groups -OCH3 is 1. The number of hydrogen-bond acceptors (Lipinski definition) is 18. The smallest absolute Gasteiger partial charge is 0.425 e. The molecule has 5 aliphatic rings. The van der Waals surface area contributed by atoms with Crippen LogP contribution < -0.4 is 20.5 Å². The third kappa shape index (κ3) is 12.5. The Hall–Kier alpha value is -6.14. The van der Waals surface area contributed by atoms with Crippen molar-refractivity contribution >= 4 is 57.1 Å². The summed E-state index contributed by atoms with van der Waals surface area (Å²) >= 11 is 0. The van der Waals surface area contributed by atoms with Crippen LogP contribution in [0.1, 0.15) is 110 Å². The highest BCUT2D eigenvalue weighted by Gasteiger charge is 2.61. The number of hydrogen-bond donors (Lipinski definition) is 3. The van der Waals surface area contributed by atoms with Gasteiger partial charge in [0, 0.05) is 81.4 Å². The average molecular weight is 1160 g/mol. The average Bonchev–Trinajstić information content (AvgIpc) is 2.75. The first kappa shape index (κ1) is 62.9. The van der Waals surface area contributed by atoms with E-state index in [0.717, 1.165) is 35.6 Å². The number of carboxylic acid groups (broad SMARTS) is 1. The number of hydrazine groups is 1. The molecule has 2 aromatic heterocycles. The minimum atomic E-state index is -1.45. The summed E-state index contributed by atoms with van der Waals surface area (Å²) in [7, 11) is 7.25. The molecule has 0 bridgehead atoms. The molecule has 0 spiro atoms. The van der Waals surface area contributed by atoms with Gasteiger partial charge in [0.05, 0.1) is 40.3 Å². The number of Topliss-reactive ketones (excluding diaryl/α,β-unsaturated/α-hetero) is 2. The van der Waals surface area contributed by atoms with Gasteiger partial charge in [0.15, 0.2) is 29.2 Å². The largest absolute Gasteiger partial charge is 0.487 e. The van der Waals surface area contributed by atoms with Crippen LogP contribution >= 0.6 is 0 Å². The van der Waals surface area contributed by atoms with Crippen molar-refractivity contribution in [1.82, 2.24) is 29.8 Å². The number of carbonyl (C=O) groups excluding carboxylic acids is 4. The van der Waals surface area contributed by atoms with E-state index in [1.165, 1.54) is 25.2 Å². The Morgan fingerprint density at radius 1 is 0.964 bits per heavy atom. The highest BCUT2D eigenvalue weighted by Crippen LogP contribution is 2.44. The summed E-state index contributed by atoms with van der Waals surface area (Å²) in [6.07, 6.45) is 0.271. The lowest BCUT2D eigenvalue weighted by Gasteiger charge is -2.47. The third-order valence-corrected chi connectivity index (χ3v) is 17.9. The molecule has 21 nitrogen and oxygen atoms in total. The topological polar surface area (TPSA) is 241 Å². The summed E-state index contributed by atoms with van der Waals surface area (Å²) in [4.78, 5) is 91.2. The standard InChI is InChI=1S/C43H64N4O10.C18H20FN3O4/c1-12-33-43(8)37(47(41(52)57-43)45-20-15-16-29-19-21-44-31-18-14-13-17-30(29)31)26(4)34(48)24(2)23-42(7,53-11)38(27(5)35(49)28(6)39(51)55-33)56-40-36(50)32(46(9)10)22-25(3)54-40;1-10-9-26-17-14-11(16(23)12(18(24)25)8-22(10)14)7-13(19)15(17)21-5-3-20(2)4-6-21/h13-14,17-19,21,24-28,32-33,36-38,40,45,50H,12,15-16,20,22-23H2,1-11H3;7-8,10H,3-6,9H2,1-2H3,(H,24,25)/t24-,25-,26-,27+,28-,32+,33+,36-,37-,38-,40+,42-,43-;10-/m10/s1. The molecule has 83 heavy (non-hydrogen) atoms. The molecule has 22 heteroatoms. The molecule has 0 unspecified atom stereocenters. The maximum absolute atomic E-state index is 15.0. The highest BCUT2D eigenvalue weighted by molar-refractivity contribution is 6.00. The van der Waals surface area contributed by atoms with E-state index in [9.17, 15) is 43.4 Å². The van der Waals surface area contributed by atoms with Crippen molar-refractivity contribution in [2.45, 2.75) is 154 Å². The van der Waals surface area contributed by atoms with Crippen molar-refractivity contribution in [2.24, 2.45) is 23.7 Å². The fourth-order valence-corrected chi connectivity index (χ4v) is 13.1. The van der Waals surface area contributed by atoms with E-state index < -0.39 is 101 Å². The number of amides is 1. The normalized spacial score (nSPS) is 31.9. The minimum absolute atomic E-state index is 0.0434. The molecule has 454 valence electrons. The van der Waals surface area contributed by atoms with Crippen molar-refractivity contribution in [3.05, 3.63) is 76.0 Å². The summed E-state index contributed by atoms with van der Waals surface area (Å²) < 4.78 is 53.7. The molecule has 1 amide bonds. The van der Waals surface area contributed by atoms with Gasteiger partial charge >= 0.3 is 18.0 Å². The molecule has 4 aromatic rings. The second kappa shape index (κ2) is 25.6. The Balaban J connectivity index is 0.000000285. The molecule has 9 rings (SSSR count). The van der Waals surface area contributed by atoms with Crippen LogP contribution in [0.3, 0.4) is 0 Å². The summed E-state index contributed by atoms with van der Waals surface area (Å²) in [6.45, 7) is 19.3. The maximum Gasteiger partial charge on any atom is 0.425 e. The lowest BCUT2D eigenvalue weighted by Crippen LogP contribution is -2.61.